The van der Waals surface area contributed by atoms with Crippen molar-refractivity contribution in [3.8, 4) is 0 Å². The molecule has 0 atom stereocenters. The summed E-state index contributed by atoms with van der Waals surface area (Å²) in [7, 11) is 1.20. The molecule has 0 fully saturated rings. The van der Waals surface area contributed by atoms with Crippen LogP contribution in [-0.2, 0) is 4.74 Å². The number of hydrogen-bond donors (Lipinski definition) is 0. The van der Waals surface area contributed by atoms with E-state index in [9.17, 15) is 14.9 Å². The Hall–Kier alpha value is -2.19. The Kier molecular flexibility index (Phi) is 4.71. The van der Waals surface area contributed by atoms with E-state index >= 15 is 0 Å². The first-order chi connectivity index (χ1) is 10.0. The maximum atomic E-state index is 11.5. The third-order valence-corrected chi connectivity index (χ3v) is 3.78. The van der Waals surface area contributed by atoms with E-state index in [1.54, 1.807) is 12.1 Å². The smallest absolute Gasteiger partial charge is 0.356 e. The van der Waals surface area contributed by atoms with E-state index in [0.29, 0.717) is 10.0 Å². The number of rotatable bonds is 4. The van der Waals surface area contributed by atoms with E-state index in [0.717, 1.165) is 11.8 Å². The highest BCUT2D eigenvalue weighted by Crippen LogP contribution is 2.35. The number of pyridine rings is 2. The van der Waals surface area contributed by atoms with Crippen LogP contribution in [0.4, 0.5) is 5.69 Å². The summed E-state index contributed by atoms with van der Waals surface area (Å²) in [6, 6.07) is 5.67. The minimum Gasteiger partial charge on any atom is -0.464 e. The average molecular weight is 326 g/mol. The van der Waals surface area contributed by atoms with E-state index < -0.39 is 10.9 Å². The Morgan fingerprint density at radius 3 is 2.76 bits per heavy atom. The van der Waals surface area contributed by atoms with Crippen LogP contribution in [-0.4, -0.2) is 28.0 Å². The summed E-state index contributed by atoms with van der Waals surface area (Å²) >= 11 is 6.87. The van der Waals surface area contributed by atoms with Gasteiger partial charge in [-0.25, -0.2) is 14.8 Å². The standard InChI is InChI=1S/C12H8ClN3O4S/c1-20-12(17)8-4-5-9(16(18)19)11(15-8)21-10-7(13)3-2-6-14-10/h2-6H,1H3. The summed E-state index contributed by atoms with van der Waals surface area (Å²) in [5, 5.41) is 11.7. The Morgan fingerprint density at radius 1 is 1.38 bits per heavy atom. The molecule has 0 amide bonds. The van der Waals surface area contributed by atoms with Gasteiger partial charge in [-0.3, -0.25) is 10.1 Å². The zero-order chi connectivity index (χ0) is 15.4. The first-order valence-electron chi connectivity index (χ1n) is 5.55. The molecule has 9 heteroatoms. The van der Waals surface area contributed by atoms with E-state index in [2.05, 4.69) is 14.7 Å². The summed E-state index contributed by atoms with van der Waals surface area (Å²) in [5.41, 5.74) is -0.271. The van der Waals surface area contributed by atoms with Crippen molar-refractivity contribution in [3.05, 3.63) is 51.3 Å². The van der Waals surface area contributed by atoms with Gasteiger partial charge in [0, 0.05) is 12.3 Å². The van der Waals surface area contributed by atoms with Crippen LogP contribution in [0.3, 0.4) is 0 Å². The van der Waals surface area contributed by atoms with Crippen LogP contribution in [0, 0.1) is 10.1 Å². The van der Waals surface area contributed by atoms with Crippen molar-refractivity contribution in [1.82, 2.24) is 9.97 Å². The molecule has 0 saturated carbocycles. The second-order valence-electron chi connectivity index (χ2n) is 3.66. The molecule has 0 radical (unpaired) electrons. The fourth-order valence-corrected chi connectivity index (χ4v) is 2.49. The van der Waals surface area contributed by atoms with Crippen molar-refractivity contribution in [2.45, 2.75) is 10.1 Å². The number of methoxy groups -OCH3 is 1. The molecule has 0 spiro atoms. The van der Waals surface area contributed by atoms with Gasteiger partial charge in [-0.15, -0.1) is 0 Å². The van der Waals surface area contributed by atoms with Gasteiger partial charge in [0.2, 0.25) is 0 Å². The van der Waals surface area contributed by atoms with Crippen LogP contribution < -0.4 is 0 Å². The number of hydrogen-bond acceptors (Lipinski definition) is 7. The van der Waals surface area contributed by atoms with Crippen molar-refractivity contribution in [1.29, 1.82) is 0 Å². The third-order valence-electron chi connectivity index (χ3n) is 2.35. The van der Waals surface area contributed by atoms with Gasteiger partial charge in [0.25, 0.3) is 0 Å². The molecule has 2 heterocycles. The Balaban J connectivity index is 2.46. The van der Waals surface area contributed by atoms with Crippen LogP contribution in [0.5, 0.6) is 0 Å². The fourth-order valence-electron chi connectivity index (χ4n) is 1.40. The molecule has 108 valence electrons. The summed E-state index contributed by atoms with van der Waals surface area (Å²) in [5.74, 6) is -0.682. The molecule has 0 aliphatic heterocycles. The van der Waals surface area contributed by atoms with Crippen LogP contribution in [0.1, 0.15) is 10.5 Å². The average Bonchev–Trinajstić information content (AvgIpc) is 2.48. The van der Waals surface area contributed by atoms with Gasteiger partial charge in [-0.2, -0.15) is 0 Å². The molecule has 2 rings (SSSR count). The van der Waals surface area contributed by atoms with Gasteiger partial charge in [0.15, 0.2) is 5.03 Å². The second kappa shape index (κ2) is 6.51. The largest absolute Gasteiger partial charge is 0.464 e. The molecular weight excluding hydrogens is 318 g/mol. The first kappa shape index (κ1) is 15.2. The molecule has 0 bridgehead atoms. The van der Waals surface area contributed by atoms with Crippen molar-refractivity contribution in [2.24, 2.45) is 0 Å². The number of ether oxygens (including phenoxy) is 1. The lowest BCUT2D eigenvalue weighted by Gasteiger charge is -2.05. The fraction of sp³-hybridized carbons (Fsp3) is 0.0833. The molecule has 0 aliphatic carbocycles. The van der Waals surface area contributed by atoms with Crippen molar-refractivity contribution in [2.75, 3.05) is 7.11 Å². The third kappa shape index (κ3) is 3.47. The van der Waals surface area contributed by atoms with E-state index in [-0.39, 0.29) is 16.4 Å². The van der Waals surface area contributed by atoms with Crippen LogP contribution in [0.15, 0.2) is 40.5 Å². The molecular formula is C12H8ClN3O4S. The van der Waals surface area contributed by atoms with E-state index in [4.69, 9.17) is 11.6 Å². The Labute approximate surface area is 128 Å². The normalized spacial score (nSPS) is 10.2. The first-order valence-corrected chi connectivity index (χ1v) is 6.74. The van der Waals surface area contributed by atoms with Crippen LogP contribution in [0.2, 0.25) is 5.02 Å². The van der Waals surface area contributed by atoms with Gasteiger partial charge in [0.05, 0.1) is 17.1 Å². The minimum absolute atomic E-state index is 0.0171. The summed E-state index contributed by atoms with van der Waals surface area (Å²) in [4.78, 5) is 29.9. The zero-order valence-corrected chi connectivity index (χ0v) is 12.2. The SMILES string of the molecule is COC(=O)c1ccc([N+](=O)[O-])c(Sc2ncccc2Cl)n1. The minimum atomic E-state index is -0.682. The molecule has 21 heavy (non-hydrogen) atoms. The predicted octanol–water partition coefficient (Wildman–Crippen LogP) is 2.98. The number of carbonyl (C=O) groups excluding carboxylic acids is 1. The van der Waals surface area contributed by atoms with Gasteiger partial charge in [-0.05, 0) is 30.0 Å². The number of carbonyl (C=O) groups is 1. The van der Waals surface area contributed by atoms with Crippen molar-refractivity contribution in [3.63, 3.8) is 0 Å². The van der Waals surface area contributed by atoms with Gasteiger partial charge in [0.1, 0.15) is 10.7 Å². The molecule has 0 unspecified atom stereocenters. The van der Waals surface area contributed by atoms with E-state index in [1.165, 1.54) is 25.4 Å². The Morgan fingerprint density at radius 2 is 2.14 bits per heavy atom. The molecule has 0 saturated heterocycles. The quantitative estimate of drug-likeness (QED) is 0.484. The monoisotopic (exact) mass is 325 g/mol. The molecule has 2 aromatic heterocycles. The molecule has 0 N–H and O–H groups in total. The van der Waals surface area contributed by atoms with Gasteiger partial charge in [-0.1, -0.05) is 11.6 Å². The van der Waals surface area contributed by atoms with E-state index in [1.807, 2.05) is 0 Å². The molecule has 7 nitrogen and oxygen atoms in total. The summed E-state index contributed by atoms with van der Waals surface area (Å²) in [6.07, 6.45) is 1.50. The topological polar surface area (TPSA) is 95.2 Å². The number of nitrogens with zero attached hydrogens (tertiary/aromatic N) is 3. The zero-order valence-electron chi connectivity index (χ0n) is 10.6. The maximum Gasteiger partial charge on any atom is 0.356 e. The van der Waals surface area contributed by atoms with Gasteiger partial charge >= 0.3 is 11.7 Å². The second-order valence-corrected chi connectivity index (χ2v) is 5.05. The molecule has 0 aliphatic rings. The number of halogens is 1. The lowest BCUT2D eigenvalue weighted by Crippen LogP contribution is -2.06. The number of aromatic nitrogens is 2. The highest BCUT2D eigenvalue weighted by molar-refractivity contribution is 7.99. The molecule has 0 aromatic carbocycles. The lowest BCUT2D eigenvalue weighted by atomic mass is 10.3. The Bertz CT molecular complexity index is 711. The lowest BCUT2D eigenvalue weighted by molar-refractivity contribution is -0.388. The van der Waals surface area contributed by atoms with Crippen molar-refractivity contribution >= 4 is 35.0 Å². The highest BCUT2D eigenvalue weighted by Gasteiger charge is 2.21. The predicted molar refractivity (Wildman–Crippen MR) is 75.6 cm³/mol. The van der Waals surface area contributed by atoms with Crippen molar-refractivity contribution < 1.29 is 14.5 Å². The van der Waals surface area contributed by atoms with Gasteiger partial charge < -0.3 is 4.74 Å². The van der Waals surface area contributed by atoms with Crippen LogP contribution in [0.25, 0.3) is 0 Å². The van der Waals surface area contributed by atoms with Crippen LogP contribution >= 0.6 is 23.4 Å². The highest BCUT2D eigenvalue weighted by atomic mass is 35.5. The maximum absolute atomic E-state index is 11.5. The summed E-state index contributed by atoms with van der Waals surface area (Å²) < 4.78 is 4.54. The molecule has 2 aromatic rings. The number of nitro groups is 1. The summed E-state index contributed by atoms with van der Waals surface area (Å²) in [6.45, 7) is 0. The number of esters is 1.